The molecule has 0 bridgehead atoms. The highest BCUT2D eigenvalue weighted by Gasteiger charge is 2.28. The summed E-state index contributed by atoms with van der Waals surface area (Å²) in [7, 11) is 0. The van der Waals surface area contributed by atoms with Gasteiger partial charge < -0.3 is 10.3 Å². The van der Waals surface area contributed by atoms with Crippen molar-refractivity contribution in [2.45, 2.75) is 13.5 Å². The van der Waals surface area contributed by atoms with E-state index in [-0.39, 0.29) is 12.5 Å². The van der Waals surface area contributed by atoms with Crippen molar-refractivity contribution in [1.82, 2.24) is 4.57 Å². The van der Waals surface area contributed by atoms with Gasteiger partial charge in [0.05, 0.1) is 17.0 Å². The molecule has 27 heavy (non-hydrogen) atoms. The van der Waals surface area contributed by atoms with Crippen molar-refractivity contribution in [3.05, 3.63) is 71.9 Å². The number of rotatable bonds is 4. The number of hydrogen-bond donors (Lipinski definition) is 1. The highest BCUT2D eigenvalue weighted by molar-refractivity contribution is 6.32. The molecule has 0 saturated heterocycles. The summed E-state index contributed by atoms with van der Waals surface area (Å²) in [5, 5.41) is 6.76. The molecular formula is C21H18N4O2. The van der Waals surface area contributed by atoms with Crippen LogP contribution in [-0.4, -0.2) is 22.1 Å². The summed E-state index contributed by atoms with van der Waals surface area (Å²) < 4.78 is 1.80. The van der Waals surface area contributed by atoms with E-state index in [1.165, 1.54) is 5.01 Å². The number of nitrogens with two attached hydrogens (primary N) is 1. The van der Waals surface area contributed by atoms with Crippen molar-refractivity contribution in [2.24, 2.45) is 10.8 Å². The molecule has 2 N–H and O–H groups in total. The normalized spacial score (nSPS) is 15.6. The summed E-state index contributed by atoms with van der Waals surface area (Å²) in [6.07, 6.45) is 3.66. The molecule has 1 aliphatic rings. The maximum atomic E-state index is 12.9. The van der Waals surface area contributed by atoms with Crippen LogP contribution in [0.5, 0.6) is 0 Å². The maximum absolute atomic E-state index is 12.9. The van der Waals surface area contributed by atoms with Crippen molar-refractivity contribution in [1.29, 1.82) is 0 Å². The lowest BCUT2D eigenvalue weighted by molar-refractivity contribution is -0.118. The van der Waals surface area contributed by atoms with E-state index < -0.39 is 5.91 Å². The largest absolute Gasteiger partial charge is 0.368 e. The van der Waals surface area contributed by atoms with Gasteiger partial charge >= 0.3 is 0 Å². The summed E-state index contributed by atoms with van der Waals surface area (Å²) >= 11 is 0. The summed E-state index contributed by atoms with van der Waals surface area (Å²) in [5.74, 6) is -0.592. The van der Waals surface area contributed by atoms with Crippen molar-refractivity contribution in [3.63, 3.8) is 0 Å². The monoisotopic (exact) mass is 358 g/mol. The molecule has 134 valence electrons. The highest BCUT2D eigenvalue weighted by atomic mass is 16.2. The van der Waals surface area contributed by atoms with Crippen LogP contribution in [0.15, 0.2) is 71.5 Å². The van der Waals surface area contributed by atoms with E-state index in [1.807, 2.05) is 73.8 Å². The summed E-state index contributed by atoms with van der Waals surface area (Å²) in [5.41, 5.74) is 9.00. The molecular weight excluding hydrogens is 340 g/mol. The predicted molar refractivity (Wildman–Crippen MR) is 106 cm³/mol. The smallest absolute Gasteiger partial charge is 0.280 e. The van der Waals surface area contributed by atoms with Crippen molar-refractivity contribution in [3.8, 4) is 0 Å². The Hall–Kier alpha value is -3.67. The molecule has 6 heteroatoms. The van der Waals surface area contributed by atoms with Crippen molar-refractivity contribution < 1.29 is 9.59 Å². The molecule has 1 aromatic heterocycles. The van der Waals surface area contributed by atoms with E-state index in [2.05, 4.69) is 5.10 Å². The quantitative estimate of drug-likeness (QED) is 0.728. The Morgan fingerprint density at radius 1 is 1.11 bits per heavy atom. The van der Waals surface area contributed by atoms with Crippen LogP contribution < -0.4 is 10.7 Å². The van der Waals surface area contributed by atoms with Crippen LogP contribution in [0.1, 0.15) is 12.5 Å². The molecule has 6 nitrogen and oxygen atoms in total. The van der Waals surface area contributed by atoms with Crippen LogP contribution in [-0.2, 0) is 16.1 Å². The Bertz CT molecular complexity index is 1110. The lowest BCUT2D eigenvalue weighted by Gasteiger charge is -2.10. The number of carbonyl (C=O) groups is 2. The number of fused-ring (bicyclic) bond motifs is 1. The van der Waals surface area contributed by atoms with Crippen LogP contribution in [0.3, 0.4) is 0 Å². The van der Waals surface area contributed by atoms with Crippen LogP contribution in [0.4, 0.5) is 5.69 Å². The van der Waals surface area contributed by atoms with Crippen LogP contribution in [0.25, 0.3) is 17.0 Å². The summed E-state index contributed by atoms with van der Waals surface area (Å²) in [6.45, 7) is 1.90. The zero-order valence-corrected chi connectivity index (χ0v) is 14.8. The number of primary amides is 1. The van der Waals surface area contributed by atoms with Gasteiger partial charge in [0.25, 0.3) is 5.91 Å². The fraction of sp³-hybridized carbons (Fsp3) is 0.0952. The third-order valence-electron chi connectivity index (χ3n) is 4.51. The Morgan fingerprint density at radius 2 is 1.81 bits per heavy atom. The number of hydrogen-bond acceptors (Lipinski definition) is 3. The lowest BCUT2D eigenvalue weighted by Crippen LogP contribution is -2.21. The molecule has 2 heterocycles. The molecule has 0 fully saturated rings. The number of nitrogens with zero attached hydrogens (tertiary/aromatic N) is 3. The number of amides is 2. The van der Waals surface area contributed by atoms with E-state index >= 15 is 0 Å². The molecule has 0 unspecified atom stereocenters. The Balaban J connectivity index is 1.77. The lowest BCUT2D eigenvalue weighted by atomic mass is 10.1. The third-order valence-corrected chi connectivity index (χ3v) is 4.51. The van der Waals surface area contributed by atoms with Gasteiger partial charge in [0, 0.05) is 22.7 Å². The van der Waals surface area contributed by atoms with Crippen LogP contribution in [0.2, 0.25) is 0 Å². The van der Waals surface area contributed by atoms with Crippen molar-refractivity contribution >= 4 is 40.2 Å². The molecule has 0 radical (unpaired) electrons. The number of carbonyl (C=O) groups excluding carboxylic acids is 2. The van der Waals surface area contributed by atoms with Gasteiger partial charge in [0.1, 0.15) is 6.54 Å². The van der Waals surface area contributed by atoms with Gasteiger partial charge in [-0.3, -0.25) is 9.59 Å². The molecule has 0 spiro atoms. The number of benzene rings is 2. The van der Waals surface area contributed by atoms with Crippen LogP contribution >= 0.6 is 0 Å². The zero-order valence-electron chi connectivity index (χ0n) is 14.8. The second-order valence-corrected chi connectivity index (χ2v) is 6.39. The van der Waals surface area contributed by atoms with E-state index in [0.717, 1.165) is 22.2 Å². The minimum Gasteiger partial charge on any atom is -0.368 e. The Labute approximate surface area is 156 Å². The van der Waals surface area contributed by atoms with Gasteiger partial charge in [-0.25, -0.2) is 0 Å². The first kappa shape index (κ1) is 16.8. The Kier molecular flexibility index (Phi) is 4.08. The van der Waals surface area contributed by atoms with Gasteiger partial charge in [-0.05, 0) is 31.2 Å². The van der Waals surface area contributed by atoms with Crippen molar-refractivity contribution in [2.75, 3.05) is 5.01 Å². The van der Waals surface area contributed by atoms with E-state index in [1.54, 1.807) is 4.57 Å². The van der Waals surface area contributed by atoms with E-state index in [4.69, 9.17) is 5.73 Å². The van der Waals surface area contributed by atoms with E-state index in [0.29, 0.717) is 11.3 Å². The van der Waals surface area contributed by atoms with Crippen LogP contribution in [0, 0.1) is 0 Å². The van der Waals surface area contributed by atoms with Gasteiger partial charge in [0.15, 0.2) is 0 Å². The van der Waals surface area contributed by atoms with Gasteiger partial charge in [-0.15, -0.1) is 0 Å². The minimum atomic E-state index is -0.417. The minimum absolute atomic E-state index is 0.0842. The molecule has 0 atom stereocenters. The topological polar surface area (TPSA) is 80.7 Å². The molecule has 0 aliphatic carbocycles. The number of hydrazone groups is 1. The Morgan fingerprint density at radius 3 is 2.56 bits per heavy atom. The zero-order chi connectivity index (χ0) is 19.0. The second-order valence-electron chi connectivity index (χ2n) is 6.39. The fourth-order valence-electron chi connectivity index (χ4n) is 3.27. The summed E-state index contributed by atoms with van der Waals surface area (Å²) in [6, 6.07) is 17.0. The van der Waals surface area contributed by atoms with E-state index in [9.17, 15) is 9.59 Å². The SMILES string of the molecule is CC1=NN(c2ccccc2)C(=O)C1=Cc1cn(CC(N)=O)c2ccccc12. The third kappa shape index (κ3) is 3.01. The number of para-hydroxylation sites is 2. The first-order valence-electron chi connectivity index (χ1n) is 8.57. The first-order valence-corrected chi connectivity index (χ1v) is 8.57. The molecule has 1 aliphatic heterocycles. The average Bonchev–Trinajstić information content (AvgIpc) is 3.15. The molecule has 2 amide bonds. The highest BCUT2D eigenvalue weighted by Crippen LogP contribution is 2.28. The first-order chi connectivity index (χ1) is 13.0. The summed E-state index contributed by atoms with van der Waals surface area (Å²) in [4.78, 5) is 24.3. The maximum Gasteiger partial charge on any atom is 0.280 e. The average molecular weight is 358 g/mol. The van der Waals surface area contributed by atoms with Gasteiger partial charge in [-0.1, -0.05) is 36.4 Å². The molecule has 0 saturated carbocycles. The standard InChI is InChI=1S/C21H18N4O2/c1-14-18(21(27)25(23-14)16-7-3-2-4-8-16)11-15-12-24(13-20(22)26)19-10-6-5-9-17(15)19/h2-12H,13H2,1H3,(H2,22,26). The van der Waals surface area contributed by atoms with Gasteiger partial charge in [-0.2, -0.15) is 10.1 Å². The second kappa shape index (κ2) is 6.57. The number of anilines is 1. The number of aromatic nitrogens is 1. The fourth-order valence-corrected chi connectivity index (χ4v) is 3.27. The van der Waals surface area contributed by atoms with Gasteiger partial charge in [0.2, 0.25) is 5.91 Å². The predicted octanol–water partition coefficient (Wildman–Crippen LogP) is 2.93. The molecule has 2 aromatic carbocycles. The molecule has 3 aromatic rings. The molecule has 4 rings (SSSR count).